The molecule has 2 N–H and O–H groups in total. The summed E-state index contributed by atoms with van der Waals surface area (Å²) in [5.74, 6) is 2.00. The topological polar surface area (TPSA) is 62.2 Å². The van der Waals surface area contributed by atoms with Gasteiger partial charge >= 0.3 is 5.97 Å². The molecule has 0 saturated carbocycles. The first-order chi connectivity index (χ1) is 8.61. The number of aromatic carboxylic acids is 1. The summed E-state index contributed by atoms with van der Waals surface area (Å²) in [6.07, 6.45) is 5.27. The van der Waals surface area contributed by atoms with Crippen LogP contribution >= 0.6 is 0 Å². The maximum absolute atomic E-state index is 11.2. The summed E-state index contributed by atoms with van der Waals surface area (Å²) in [6, 6.07) is 8.40. The van der Waals surface area contributed by atoms with Crippen LogP contribution in [-0.2, 0) is 0 Å². The lowest BCUT2D eigenvalue weighted by atomic mass is 10.1. The second-order valence-electron chi connectivity index (χ2n) is 3.91. The second-order valence-corrected chi connectivity index (χ2v) is 3.91. The van der Waals surface area contributed by atoms with Gasteiger partial charge in [0, 0.05) is 5.39 Å². The number of hydrogen-bond acceptors (Lipinski definition) is 3. The van der Waals surface area contributed by atoms with E-state index >= 15 is 0 Å². The molecule has 1 aromatic carbocycles. The van der Waals surface area contributed by atoms with Gasteiger partial charge in [-0.3, -0.25) is 0 Å². The van der Waals surface area contributed by atoms with E-state index in [-0.39, 0.29) is 11.6 Å². The molecule has 2 rings (SSSR count). The number of pyridine rings is 1. The molecule has 0 radical (unpaired) electrons. The third kappa shape index (κ3) is 2.25. The van der Waals surface area contributed by atoms with Crippen molar-refractivity contribution in [3.8, 4) is 12.3 Å². The van der Waals surface area contributed by atoms with Crippen molar-refractivity contribution in [1.82, 2.24) is 4.98 Å². The van der Waals surface area contributed by atoms with Crippen molar-refractivity contribution in [3.63, 3.8) is 0 Å². The van der Waals surface area contributed by atoms with Gasteiger partial charge in [-0.15, -0.1) is 6.42 Å². The van der Waals surface area contributed by atoms with Gasteiger partial charge in [-0.05, 0) is 19.1 Å². The van der Waals surface area contributed by atoms with Crippen molar-refractivity contribution >= 4 is 22.7 Å². The van der Waals surface area contributed by atoms with Crippen LogP contribution in [0, 0.1) is 12.3 Å². The largest absolute Gasteiger partial charge is 0.478 e. The Morgan fingerprint density at radius 3 is 2.89 bits per heavy atom. The quantitative estimate of drug-likeness (QED) is 0.808. The molecule has 1 aromatic heterocycles. The van der Waals surface area contributed by atoms with Crippen molar-refractivity contribution in [3.05, 3.63) is 35.9 Å². The van der Waals surface area contributed by atoms with E-state index in [1.165, 1.54) is 6.07 Å². The summed E-state index contributed by atoms with van der Waals surface area (Å²) < 4.78 is 0. The molecule has 0 saturated heterocycles. The Kier molecular flexibility index (Phi) is 3.16. The number of rotatable bonds is 3. The number of fused-ring (bicyclic) bond motifs is 1. The summed E-state index contributed by atoms with van der Waals surface area (Å²) in [6.45, 7) is 1.80. The predicted octanol–water partition coefficient (Wildman–Crippen LogP) is 2.37. The molecule has 0 amide bonds. The van der Waals surface area contributed by atoms with Crippen LogP contribution in [0.4, 0.5) is 5.82 Å². The molecule has 0 spiro atoms. The molecule has 1 unspecified atom stereocenters. The van der Waals surface area contributed by atoms with E-state index < -0.39 is 5.97 Å². The standard InChI is InChI=1S/C14H12N2O2/c1-3-9(2)15-13-8-11(14(17)18)10-6-4-5-7-12(10)16-13/h1,4-9H,2H3,(H,15,16)(H,17,18). The zero-order valence-corrected chi connectivity index (χ0v) is 9.84. The molecular formula is C14H12N2O2. The van der Waals surface area contributed by atoms with Crippen LogP contribution in [0.5, 0.6) is 0 Å². The molecule has 1 atom stereocenters. The highest BCUT2D eigenvalue weighted by Gasteiger charge is 2.11. The first kappa shape index (κ1) is 11.9. The minimum Gasteiger partial charge on any atom is -0.478 e. The van der Waals surface area contributed by atoms with Crippen LogP contribution in [0.1, 0.15) is 17.3 Å². The molecule has 0 bridgehead atoms. The van der Waals surface area contributed by atoms with Crippen molar-refractivity contribution < 1.29 is 9.90 Å². The van der Waals surface area contributed by atoms with E-state index in [0.29, 0.717) is 16.7 Å². The molecule has 18 heavy (non-hydrogen) atoms. The summed E-state index contributed by atoms with van der Waals surface area (Å²) in [7, 11) is 0. The molecule has 90 valence electrons. The molecular weight excluding hydrogens is 228 g/mol. The van der Waals surface area contributed by atoms with Gasteiger partial charge in [0.2, 0.25) is 0 Å². The van der Waals surface area contributed by atoms with E-state index in [9.17, 15) is 9.90 Å². The molecule has 1 heterocycles. The summed E-state index contributed by atoms with van der Waals surface area (Å²) in [5, 5.41) is 12.8. The van der Waals surface area contributed by atoms with Crippen molar-refractivity contribution in [2.45, 2.75) is 13.0 Å². The van der Waals surface area contributed by atoms with E-state index in [1.54, 1.807) is 25.1 Å². The van der Waals surface area contributed by atoms with Gasteiger partial charge in [-0.2, -0.15) is 0 Å². The fourth-order valence-electron chi connectivity index (χ4n) is 1.69. The Bertz CT molecular complexity index is 644. The zero-order valence-electron chi connectivity index (χ0n) is 9.84. The number of benzene rings is 1. The Labute approximate surface area is 105 Å². The second kappa shape index (κ2) is 4.76. The van der Waals surface area contributed by atoms with Crippen molar-refractivity contribution in [2.75, 3.05) is 5.32 Å². The molecule has 0 aliphatic carbocycles. The van der Waals surface area contributed by atoms with Gasteiger partial charge < -0.3 is 10.4 Å². The Hall–Kier alpha value is -2.54. The Morgan fingerprint density at radius 1 is 1.50 bits per heavy atom. The predicted molar refractivity (Wildman–Crippen MR) is 70.6 cm³/mol. The number of carboxylic acid groups (broad SMARTS) is 1. The van der Waals surface area contributed by atoms with Crippen LogP contribution in [0.25, 0.3) is 10.9 Å². The molecule has 0 aliphatic rings. The van der Waals surface area contributed by atoms with Crippen molar-refractivity contribution in [1.29, 1.82) is 0 Å². The van der Waals surface area contributed by atoms with Crippen LogP contribution in [-0.4, -0.2) is 22.1 Å². The number of aromatic nitrogens is 1. The average Bonchev–Trinajstić information content (AvgIpc) is 2.37. The minimum absolute atomic E-state index is 0.208. The summed E-state index contributed by atoms with van der Waals surface area (Å²) >= 11 is 0. The highest BCUT2D eigenvalue weighted by Crippen LogP contribution is 2.21. The van der Waals surface area contributed by atoms with Gasteiger partial charge in [0.05, 0.1) is 17.1 Å². The van der Waals surface area contributed by atoms with Gasteiger partial charge in [-0.25, -0.2) is 9.78 Å². The van der Waals surface area contributed by atoms with Gasteiger partial charge in [-0.1, -0.05) is 24.1 Å². The number of para-hydroxylation sites is 1. The number of carboxylic acids is 1. The number of nitrogens with one attached hydrogen (secondary N) is 1. The minimum atomic E-state index is -0.981. The summed E-state index contributed by atoms with van der Waals surface area (Å²) in [5.41, 5.74) is 0.844. The number of terminal acetylenes is 1. The van der Waals surface area contributed by atoms with Crippen LogP contribution in [0.3, 0.4) is 0 Å². The zero-order chi connectivity index (χ0) is 13.1. The number of hydrogen-bond donors (Lipinski definition) is 2. The molecule has 0 fully saturated rings. The lowest BCUT2D eigenvalue weighted by Crippen LogP contribution is -2.14. The molecule has 0 aliphatic heterocycles. The fourth-order valence-corrected chi connectivity index (χ4v) is 1.69. The fraction of sp³-hybridized carbons (Fsp3) is 0.143. The van der Waals surface area contributed by atoms with Crippen LogP contribution in [0.15, 0.2) is 30.3 Å². The van der Waals surface area contributed by atoms with E-state index in [2.05, 4.69) is 16.2 Å². The van der Waals surface area contributed by atoms with Gasteiger partial charge in [0.1, 0.15) is 5.82 Å². The van der Waals surface area contributed by atoms with Gasteiger partial charge in [0.25, 0.3) is 0 Å². The van der Waals surface area contributed by atoms with Crippen LogP contribution < -0.4 is 5.32 Å². The smallest absolute Gasteiger partial charge is 0.336 e. The van der Waals surface area contributed by atoms with Gasteiger partial charge in [0.15, 0.2) is 0 Å². The Morgan fingerprint density at radius 2 is 2.22 bits per heavy atom. The third-order valence-electron chi connectivity index (χ3n) is 2.56. The number of carbonyl (C=O) groups is 1. The number of nitrogens with zero attached hydrogens (tertiary/aromatic N) is 1. The maximum atomic E-state index is 11.2. The third-order valence-corrected chi connectivity index (χ3v) is 2.56. The molecule has 4 nitrogen and oxygen atoms in total. The first-order valence-corrected chi connectivity index (χ1v) is 5.47. The average molecular weight is 240 g/mol. The highest BCUT2D eigenvalue weighted by atomic mass is 16.4. The highest BCUT2D eigenvalue weighted by molar-refractivity contribution is 6.03. The number of anilines is 1. The normalized spacial score (nSPS) is 11.8. The monoisotopic (exact) mass is 240 g/mol. The lowest BCUT2D eigenvalue weighted by molar-refractivity contribution is 0.0699. The Balaban J connectivity index is 2.58. The van der Waals surface area contributed by atoms with Crippen molar-refractivity contribution in [2.24, 2.45) is 0 Å². The molecule has 4 heteroatoms. The van der Waals surface area contributed by atoms with E-state index in [0.717, 1.165) is 0 Å². The lowest BCUT2D eigenvalue weighted by Gasteiger charge is -2.10. The van der Waals surface area contributed by atoms with Crippen LogP contribution in [0.2, 0.25) is 0 Å². The maximum Gasteiger partial charge on any atom is 0.336 e. The SMILES string of the molecule is C#CC(C)Nc1cc(C(=O)O)c2ccccc2n1. The van der Waals surface area contributed by atoms with E-state index in [1.807, 2.05) is 6.07 Å². The van der Waals surface area contributed by atoms with E-state index in [4.69, 9.17) is 6.42 Å². The first-order valence-electron chi connectivity index (χ1n) is 5.47. The summed E-state index contributed by atoms with van der Waals surface area (Å²) in [4.78, 5) is 15.6. The molecule has 2 aromatic rings.